The maximum Gasteiger partial charge on any atom is 0.240 e. The average molecular weight is 422 g/mol. The van der Waals surface area contributed by atoms with Crippen molar-refractivity contribution < 1.29 is 4.79 Å². The van der Waals surface area contributed by atoms with Crippen LogP contribution in [-0.4, -0.2) is 46.1 Å². The second-order valence-corrected chi connectivity index (χ2v) is 8.80. The molecule has 1 aromatic heterocycles. The van der Waals surface area contributed by atoms with Gasteiger partial charge in [-0.05, 0) is 50.5 Å². The summed E-state index contributed by atoms with van der Waals surface area (Å²) in [6, 6.07) is 19.9. The number of piperidine rings is 1. The third kappa shape index (κ3) is 4.36. The van der Waals surface area contributed by atoms with Crippen LogP contribution in [0.5, 0.6) is 0 Å². The van der Waals surface area contributed by atoms with E-state index in [9.17, 15) is 4.79 Å². The maximum absolute atomic E-state index is 13.0. The van der Waals surface area contributed by atoms with E-state index in [0.29, 0.717) is 0 Å². The Hall–Kier alpha value is -2.80. The van der Waals surface area contributed by atoms with E-state index in [0.717, 1.165) is 35.6 Å². The van der Waals surface area contributed by atoms with Crippen LogP contribution in [0.3, 0.4) is 0 Å². The third-order valence-corrected chi connectivity index (χ3v) is 6.40. The molecule has 6 nitrogen and oxygen atoms in total. The van der Waals surface area contributed by atoms with E-state index in [1.807, 2.05) is 62.5 Å². The number of aromatic nitrogens is 3. The molecule has 156 valence electrons. The molecule has 3 aromatic rings. The molecule has 1 aliphatic rings. The van der Waals surface area contributed by atoms with Crippen LogP contribution in [0, 0.1) is 0 Å². The summed E-state index contributed by atoms with van der Waals surface area (Å²) in [6.07, 6.45) is 3.59. The van der Waals surface area contributed by atoms with Gasteiger partial charge < -0.3 is 9.80 Å². The van der Waals surface area contributed by atoms with Crippen LogP contribution in [0.2, 0.25) is 0 Å². The largest absolute Gasteiger partial charge is 0.341 e. The van der Waals surface area contributed by atoms with Gasteiger partial charge in [0.2, 0.25) is 11.9 Å². The van der Waals surface area contributed by atoms with Crippen molar-refractivity contribution in [1.29, 1.82) is 0 Å². The van der Waals surface area contributed by atoms with Crippen molar-refractivity contribution in [3.8, 4) is 5.69 Å². The molecule has 0 spiro atoms. The minimum atomic E-state index is -0.295. The number of benzene rings is 2. The lowest BCUT2D eigenvalue weighted by Gasteiger charge is -2.28. The Morgan fingerprint density at radius 1 is 0.967 bits per heavy atom. The molecule has 0 aliphatic carbocycles. The van der Waals surface area contributed by atoms with Gasteiger partial charge in [0.25, 0.3) is 0 Å². The molecule has 1 atom stereocenters. The quantitative estimate of drug-likeness (QED) is 0.552. The topological polar surface area (TPSA) is 54.3 Å². The first-order chi connectivity index (χ1) is 14.6. The van der Waals surface area contributed by atoms with Crippen molar-refractivity contribution >= 4 is 29.3 Å². The molecule has 0 unspecified atom stereocenters. The van der Waals surface area contributed by atoms with Crippen molar-refractivity contribution in [2.24, 2.45) is 0 Å². The van der Waals surface area contributed by atoms with E-state index in [1.165, 1.54) is 31.0 Å². The smallest absolute Gasteiger partial charge is 0.240 e. The molecule has 4 rings (SSSR count). The Morgan fingerprint density at radius 2 is 1.60 bits per heavy atom. The van der Waals surface area contributed by atoms with Gasteiger partial charge in [-0.2, -0.15) is 0 Å². The number of carbonyl (C=O) groups is 1. The summed E-state index contributed by atoms with van der Waals surface area (Å²) in [7, 11) is 1.82. The van der Waals surface area contributed by atoms with E-state index < -0.39 is 0 Å². The fraction of sp³-hybridized carbons (Fsp3) is 0.348. The molecule has 2 heterocycles. The molecular formula is C23H27N5OS. The number of para-hydroxylation sites is 2. The Bertz CT molecular complexity index is 970. The number of anilines is 2. The summed E-state index contributed by atoms with van der Waals surface area (Å²) in [4.78, 5) is 17.0. The van der Waals surface area contributed by atoms with Crippen LogP contribution in [0.4, 0.5) is 11.6 Å². The van der Waals surface area contributed by atoms with Gasteiger partial charge in [0.05, 0.1) is 10.9 Å². The van der Waals surface area contributed by atoms with Gasteiger partial charge in [0.15, 0.2) is 5.16 Å². The first-order valence-corrected chi connectivity index (χ1v) is 11.3. The van der Waals surface area contributed by atoms with Crippen LogP contribution in [0.1, 0.15) is 26.2 Å². The first-order valence-electron chi connectivity index (χ1n) is 10.4. The highest BCUT2D eigenvalue weighted by Crippen LogP contribution is 2.31. The predicted molar refractivity (Wildman–Crippen MR) is 123 cm³/mol. The first kappa shape index (κ1) is 20.5. The normalized spacial score (nSPS) is 15.1. The van der Waals surface area contributed by atoms with Crippen molar-refractivity contribution in [2.75, 3.05) is 29.9 Å². The molecule has 30 heavy (non-hydrogen) atoms. The summed E-state index contributed by atoms with van der Waals surface area (Å²) in [5.74, 6) is 0.896. The summed E-state index contributed by atoms with van der Waals surface area (Å²) < 4.78 is 2.09. The van der Waals surface area contributed by atoms with E-state index in [4.69, 9.17) is 0 Å². The number of carbonyl (C=O) groups excluding carboxylic acids is 1. The Labute approximate surface area is 181 Å². The fourth-order valence-corrected chi connectivity index (χ4v) is 4.66. The highest BCUT2D eigenvalue weighted by Gasteiger charge is 2.26. The molecule has 7 heteroatoms. The SMILES string of the molecule is C[C@H](Sc1nnc(N2CCCCC2)n1-c1ccccc1)C(=O)N(C)c1ccccc1. The number of nitrogens with zero attached hydrogens (tertiary/aromatic N) is 5. The van der Waals surface area contributed by atoms with Gasteiger partial charge in [0, 0.05) is 25.8 Å². The maximum atomic E-state index is 13.0. The summed E-state index contributed by atoms with van der Waals surface area (Å²) in [6.45, 7) is 3.90. The third-order valence-electron chi connectivity index (χ3n) is 5.37. The lowest BCUT2D eigenvalue weighted by atomic mass is 10.1. The van der Waals surface area contributed by atoms with E-state index in [-0.39, 0.29) is 11.2 Å². The lowest BCUT2D eigenvalue weighted by molar-refractivity contribution is -0.117. The lowest BCUT2D eigenvalue weighted by Crippen LogP contribution is -2.33. The number of hydrogen-bond donors (Lipinski definition) is 0. The van der Waals surface area contributed by atoms with Gasteiger partial charge in [-0.15, -0.1) is 10.2 Å². The zero-order valence-corrected chi connectivity index (χ0v) is 18.3. The van der Waals surface area contributed by atoms with Gasteiger partial charge in [-0.3, -0.25) is 9.36 Å². The number of rotatable bonds is 6. The van der Waals surface area contributed by atoms with Crippen LogP contribution in [-0.2, 0) is 4.79 Å². The fourth-order valence-electron chi connectivity index (χ4n) is 3.70. The van der Waals surface area contributed by atoms with Crippen molar-refractivity contribution in [1.82, 2.24) is 14.8 Å². The standard InChI is InChI=1S/C23H27N5OS/c1-18(21(29)26(2)19-12-6-3-7-13-19)30-23-25-24-22(27-16-10-5-11-17-27)28(23)20-14-8-4-9-15-20/h3-4,6-9,12-15,18H,5,10-11,16-17H2,1-2H3/t18-/m0/s1. The predicted octanol–water partition coefficient (Wildman–Crippen LogP) is 4.40. The number of amides is 1. The Balaban J connectivity index is 1.60. The van der Waals surface area contributed by atoms with Gasteiger partial charge in [0.1, 0.15) is 0 Å². The van der Waals surface area contributed by atoms with Crippen LogP contribution in [0.25, 0.3) is 5.69 Å². The van der Waals surface area contributed by atoms with Crippen molar-refractivity contribution in [2.45, 2.75) is 36.6 Å². The zero-order valence-electron chi connectivity index (χ0n) is 17.4. The van der Waals surface area contributed by atoms with Crippen LogP contribution in [0.15, 0.2) is 65.8 Å². The molecule has 0 N–H and O–H groups in total. The Morgan fingerprint density at radius 3 is 2.27 bits per heavy atom. The molecule has 1 saturated heterocycles. The Kier molecular flexibility index (Phi) is 6.38. The second-order valence-electron chi connectivity index (χ2n) is 7.49. The molecule has 1 fully saturated rings. The van der Waals surface area contributed by atoms with E-state index >= 15 is 0 Å². The van der Waals surface area contributed by atoms with Crippen LogP contribution >= 0.6 is 11.8 Å². The molecule has 0 saturated carbocycles. The summed E-state index contributed by atoms with van der Waals surface area (Å²) >= 11 is 1.45. The second kappa shape index (κ2) is 9.34. The molecule has 2 aromatic carbocycles. The molecular weight excluding hydrogens is 394 g/mol. The highest BCUT2D eigenvalue weighted by molar-refractivity contribution is 8.00. The van der Waals surface area contributed by atoms with Gasteiger partial charge >= 0.3 is 0 Å². The van der Waals surface area contributed by atoms with E-state index in [2.05, 4.69) is 31.8 Å². The minimum absolute atomic E-state index is 0.0355. The van der Waals surface area contributed by atoms with Gasteiger partial charge in [-0.25, -0.2) is 0 Å². The minimum Gasteiger partial charge on any atom is -0.341 e. The number of hydrogen-bond acceptors (Lipinski definition) is 5. The zero-order chi connectivity index (χ0) is 20.9. The van der Waals surface area contributed by atoms with Crippen LogP contribution < -0.4 is 9.80 Å². The summed E-state index contributed by atoms with van der Waals surface area (Å²) in [5, 5.41) is 9.46. The monoisotopic (exact) mass is 421 g/mol. The molecule has 1 amide bonds. The molecule has 1 aliphatic heterocycles. The molecule has 0 bridgehead atoms. The van der Waals surface area contributed by atoms with Crippen molar-refractivity contribution in [3.63, 3.8) is 0 Å². The number of thioether (sulfide) groups is 1. The van der Waals surface area contributed by atoms with Crippen molar-refractivity contribution in [3.05, 3.63) is 60.7 Å². The van der Waals surface area contributed by atoms with Gasteiger partial charge in [-0.1, -0.05) is 48.2 Å². The summed E-state index contributed by atoms with van der Waals surface area (Å²) in [5.41, 5.74) is 1.90. The molecule has 0 radical (unpaired) electrons. The highest BCUT2D eigenvalue weighted by atomic mass is 32.2. The average Bonchev–Trinajstić information content (AvgIpc) is 3.23. The van der Waals surface area contributed by atoms with E-state index in [1.54, 1.807) is 4.90 Å².